The highest BCUT2D eigenvalue weighted by molar-refractivity contribution is 6.29. The van der Waals surface area contributed by atoms with Gasteiger partial charge >= 0.3 is 0 Å². The van der Waals surface area contributed by atoms with E-state index in [1.54, 1.807) is 12.4 Å². The van der Waals surface area contributed by atoms with Crippen molar-refractivity contribution in [2.45, 2.75) is 0 Å². The number of halogens is 1. The maximum absolute atomic E-state index is 6.06. The van der Waals surface area contributed by atoms with Gasteiger partial charge in [-0.15, -0.1) is 10.2 Å². The number of aromatic nitrogens is 3. The van der Waals surface area contributed by atoms with Crippen LogP contribution in [0.15, 0.2) is 73.1 Å². The molecule has 0 saturated carbocycles. The van der Waals surface area contributed by atoms with Crippen molar-refractivity contribution in [2.75, 3.05) is 0 Å². The van der Waals surface area contributed by atoms with Gasteiger partial charge < -0.3 is 0 Å². The van der Waals surface area contributed by atoms with E-state index in [4.69, 9.17) is 11.6 Å². The van der Waals surface area contributed by atoms with E-state index >= 15 is 0 Å². The second-order valence-corrected chi connectivity index (χ2v) is 5.61. The van der Waals surface area contributed by atoms with Gasteiger partial charge in [-0.25, -0.2) is 0 Å². The normalized spacial score (nSPS) is 10.8. The zero-order chi connectivity index (χ0) is 15.6. The van der Waals surface area contributed by atoms with Gasteiger partial charge in [0.1, 0.15) is 5.69 Å². The van der Waals surface area contributed by atoms with Crippen LogP contribution in [-0.4, -0.2) is 15.2 Å². The topological polar surface area (TPSA) is 38.7 Å². The van der Waals surface area contributed by atoms with Gasteiger partial charge in [0.25, 0.3) is 0 Å². The van der Waals surface area contributed by atoms with E-state index in [0.717, 1.165) is 22.4 Å². The van der Waals surface area contributed by atoms with Gasteiger partial charge in [0.05, 0.1) is 0 Å². The second kappa shape index (κ2) is 5.78. The maximum atomic E-state index is 6.06. The van der Waals surface area contributed by atoms with Gasteiger partial charge in [-0.1, -0.05) is 48.0 Å². The van der Waals surface area contributed by atoms with Crippen LogP contribution in [0.2, 0.25) is 5.15 Å². The minimum atomic E-state index is 0.376. The molecule has 4 aromatic rings. The van der Waals surface area contributed by atoms with Crippen LogP contribution in [0.25, 0.3) is 33.2 Å². The average molecular weight is 318 g/mol. The number of pyridine rings is 1. The van der Waals surface area contributed by atoms with Crippen LogP contribution in [0, 0.1) is 0 Å². The molecule has 0 spiro atoms. The van der Waals surface area contributed by atoms with Gasteiger partial charge in [-0.2, -0.15) is 0 Å². The molecule has 0 N–H and O–H groups in total. The zero-order valence-corrected chi connectivity index (χ0v) is 12.9. The summed E-state index contributed by atoms with van der Waals surface area (Å²) in [5.74, 6) is 0. The van der Waals surface area contributed by atoms with Gasteiger partial charge in [0.15, 0.2) is 5.15 Å². The van der Waals surface area contributed by atoms with E-state index in [2.05, 4.69) is 45.5 Å². The van der Waals surface area contributed by atoms with Gasteiger partial charge in [-0.3, -0.25) is 4.98 Å². The molecule has 0 saturated heterocycles. The lowest BCUT2D eigenvalue weighted by Crippen LogP contribution is -1.93. The molecule has 2 aromatic heterocycles. The second-order valence-electron chi connectivity index (χ2n) is 5.23. The lowest BCUT2D eigenvalue weighted by Gasteiger charge is -2.09. The van der Waals surface area contributed by atoms with Crippen molar-refractivity contribution in [3.8, 4) is 22.4 Å². The predicted molar refractivity (Wildman–Crippen MR) is 93.2 cm³/mol. The fourth-order valence-corrected chi connectivity index (χ4v) is 2.82. The van der Waals surface area contributed by atoms with Crippen LogP contribution in [0.3, 0.4) is 0 Å². The Balaban J connectivity index is 1.94. The molecular weight excluding hydrogens is 306 g/mol. The quantitative estimate of drug-likeness (QED) is 0.521. The molecule has 0 aliphatic rings. The molecule has 110 valence electrons. The van der Waals surface area contributed by atoms with Gasteiger partial charge in [0, 0.05) is 23.5 Å². The van der Waals surface area contributed by atoms with Gasteiger partial charge in [-0.05, 0) is 40.6 Å². The van der Waals surface area contributed by atoms with Crippen LogP contribution >= 0.6 is 11.6 Å². The Kier molecular flexibility index (Phi) is 3.48. The van der Waals surface area contributed by atoms with Crippen molar-refractivity contribution in [3.05, 3.63) is 78.2 Å². The summed E-state index contributed by atoms with van der Waals surface area (Å²) in [6.45, 7) is 0. The molecule has 0 amide bonds. The van der Waals surface area contributed by atoms with E-state index in [-0.39, 0.29) is 0 Å². The number of hydrogen-bond acceptors (Lipinski definition) is 3. The van der Waals surface area contributed by atoms with E-state index < -0.39 is 0 Å². The summed E-state index contributed by atoms with van der Waals surface area (Å²) in [6.07, 6.45) is 3.52. The third kappa shape index (κ3) is 2.67. The molecule has 2 heterocycles. The van der Waals surface area contributed by atoms with Crippen molar-refractivity contribution in [1.82, 2.24) is 15.2 Å². The van der Waals surface area contributed by atoms with Crippen LogP contribution in [0.5, 0.6) is 0 Å². The Bertz CT molecular complexity index is 984. The highest BCUT2D eigenvalue weighted by Gasteiger charge is 2.11. The van der Waals surface area contributed by atoms with Crippen molar-refractivity contribution in [1.29, 1.82) is 0 Å². The van der Waals surface area contributed by atoms with Crippen LogP contribution in [0.4, 0.5) is 0 Å². The zero-order valence-electron chi connectivity index (χ0n) is 12.1. The van der Waals surface area contributed by atoms with E-state index in [1.165, 1.54) is 10.8 Å². The Hall–Kier alpha value is -2.78. The smallest absolute Gasteiger partial charge is 0.152 e. The molecule has 0 fully saturated rings. The SMILES string of the molecule is Clc1cc(-c2ccncc2)c(-c2ccc3ccccc3c2)nn1. The summed E-state index contributed by atoms with van der Waals surface area (Å²) in [5.41, 5.74) is 3.79. The molecule has 4 heteroatoms. The number of benzene rings is 2. The van der Waals surface area contributed by atoms with E-state index in [1.807, 2.05) is 30.3 Å². The number of rotatable bonds is 2. The molecular formula is C19H12ClN3. The minimum absolute atomic E-state index is 0.376. The van der Waals surface area contributed by atoms with Crippen molar-refractivity contribution in [3.63, 3.8) is 0 Å². The maximum Gasteiger partial charge on any atom is 0.152 e. The minimum Gasteiger partial charge on any atom is -0.265 e. The first-order chi connectivity index (χ1) is 11.3. The molecule has 0 aliphatic heterocycles. The molecule has 0 atom stereocenters. The molecule has 3 nitrogen and oxygen atoms in total. The Morgan fingerprint density at radius 3 is 2.30 bits per heavy atom. The Labute approximate surface area is 138 Å². The lowest BCUT2D eigenvalue weighted by molar-refractivity contribution is 1.04. The largest absolute Gasteiger partial charge is 0.265 e. The van der Waals surface area contributed by atoms with Crippen molar-refractivity contribution in [2.24, 2.45) is 0 Å². The van der Waals surface area contributed by atoms with Crippen LogP contribution in [-0.2, 0) is 0 Å². The Morgan fingerprint density at radius 2 is 1.48 bits per heavy atom. The van der Waals surface area contributed by atoms with E-state index in [9.17, 15) is 0 Å². The van der Waals surface area contributed by atoms with Crippen LogP contribution in [0.1, 0.15) is 0 Å². The molecule has 0 aliphatic carbocycles. The van der Waals surface area contributed by atoms with E-state index in [0.29, 0.717) is 5.15 Å². The summed E-state index contributed by atoms with van der Waals surface area (Å²) in [4.78, 5) is 4.07. The first-order valence-electron chi connectivity index (χ1n) is 7.24. The third-order valence-electron chi connectivity index (χ3n) is 3.78. The third-order valence-corrected chi connectivity index (χ3v) is 3.96. The van der Waals surface area contributed by atoms with Gasteiger partial charge in [0.2, 0.25) is 0 Å². The molecule has 2 aromatic carbocycles. The highest BCUT2D eigenvalue weighted by Crippen LogP contribution is 2.32. The average Bonchev–Trinajstić information content (AvgIpc) is 2.62. The number of fused-ring (bicyclic) bond motifs is 1. The summed E-state index contributed by atoms with van der Waals surface area (Å²) in [7, 11) is 0. The summed E-state index contributed by atoms with van der Waals surface area (Å²) >= 11 is 6.06. The summed E-state index contributed by atoms with van der Waals surface area (Å²) in [5, 5.41) is 11.1. The molecule has 23 heavy (non-hydrogen) atoms. The highest BCUT2D eigenvalue weighted by atomic mass is 35.5. The summed E-state index contributed by atoms with van der Waals surface area (Å²) < 4.78 is 0. The molecule has 0 radical (unpaired) electrons. The first-order valence-corrected chi connectivity index (χ1v) is 7.62. The molecule has 0 unspecified atom stereocenters. The monoisotopic (exact) mass is 317 g/mol. The fraction of sp³-hybridized carbons (Fsp3) is 0. The lowest BCUT2D eigenvalue weighted by atomic mass is 9.99. The summed E-state index contributed by atoms with van der Waals surface area (Å²) in [6, 6.07) is 20.3. The fourth-order valence-electron chi connectivity index (χ4n) is 2.67. The number of hydrogen-bond donors (Lipinski definition) is 0. The van der Waals surface area contributed by atoms with Crippen molar-refractivity contribution < 1.29 is 0 Å². The van der Waals surface area contributed by atoms with Crippen LogP contribution < -0.4 is 0 Å². The first kappa shape index (κ1) is 13.9. The standard InChI is InChI=1S/C19H12ClN3/c20-18-12-17(14-7-9-21-10-8-14)19(23-22-18)16-6-5-13-3-1-2-4-15(13)11-16/h1-12H. The molecule has 0 bridgehead atoms. The van der Waals surface area contributed by atoms with Crippen molar-refractivity contribution >= 4 is 22.4 Å². The number of nitrogens with zero attached hydrogens (tertiary/aromatic N) is 3. The Morgan fingerprint density at radius 1 is 0.696 bits per heavy atom. The predicted octanol–water partition coefficient (Wildman–Crippen LogP) is 5.01. The molecule has 4 rings (SSSR count).